The van der Waals surface area contributed by atoms with Crippen LogP contribution in [0.1, 0.15) is 11.3 Å². The Kier molecular flexibility index (Phi) is 3.44. The van der Waals surface area contributed by atoms with E-state index in [1.807, 2.05) is 36.7 Å². The smallest absolute Gasteiger partial charge is 0.240 e. The number of hydrogen-bond acceptors (Lipinski definition) is 7. The number of hydrazine groups is 1. The topological polar surface area (TPSA) is 88.8 Å². The summed E-state index contributed by atoms with van der Waals surface area (Å²) in [7, 11) is 0. The first-order valence-electron chi connectivity index (χ1n) is 6.13. The van der Waals surface area contributed by atoms with Crippen LogP contribution >= 0.6 is 11.3 Å². The summed E-state index contributed by atoms with van der Waals surface area (Å²) in [6.45, 7) is 2.62. The maximum Gasteiger partial charge on any atom is 0.240 e. The molecule has 0 aliphatic rings. The molecule has 3 rings (SSSR count). The second-order valence-electron chi connectivity index (χ2n) is 4.34. The average Bonchev–Trinajstić information content (AvgIpc) is 2.94. The van der Waals surface area contributed by atoms with E-state index < -0.39 is 0 Å². The molecule has 3 aromatic heterocycles. The van der Waals surface area contributed by atoms with Gasteiger partial charge in [0.1, 0.15) is 10.6 Å². The van der Waals surface area contributed by atoms with E-state index in [-0.39, 0.29) is 0 Å². The minimum atomic E-state index is 0.407. The molecular formula is C13H14N6S. The summed E-state index contributed by atoms with van der Waals surface area (Å²) in [6.07, 6.45) is 1.86. The Labute approximate surface area is 120 Å². The quantitative estimate of drug-likeness (QED) is 0.504. The second-order valence-corrected chi connectivity index (χ2v) is 5.24. The molecule has 0 aliphatic carbocycles. The molecular weight excluding hydrogens is 272 g/mol. The van der Waals surface area contributed by atoms with Gasteiger partial charge in [-0.05, 0) is 30.0 Å². The lowest BCUT2D eigenvalue weighted by atomic mass is 10.2. The SMILES string of the molecule is Cc1ccc(CNc2nc(NN)nc3sccc23)cn1. The van der Waals surface area contributed by atoms with E-state index in [4.69, 9.17) is 5.84 Å². The summed E-state index contributed by atoms with van der Waals surface area (Å²) in [5.41, 5.74) is 4.59. The van der Waals surface area contributed by atoms with Gasteiger partial charge in [0.15, 0.2) is 0 Å². The summed E-state index contributed by atoms with van der Waals surface area (Å²) in [5, 5.41) is 6.28. The van der Waals surface area contributed by atoms with Crippen molar-refractivity contribution in [2.75, 3.05) is 10.7 Å². The number of aryl methyl sites for hydroxylation is 1. The van der Waals surface area contributed by atoms with Crippen molar-refractivity contribution in [1.29, 1.82) is 0 Å². The van der Waals surface area contributed by atoms with Crippen molar-refractivity contribution >= 4 is 33.3 Å². The zero-order valence-corrected chi connectivity index (χ0v) is 11.7. The summed E-state index contributed by atoms with van der Waals surface area (Å²) in [4.78, 5) is 13.8. The standard InChI is InChI=1S/C13H14N6S/c1-8-2-3-9(6-15-8)7-16-11-10-4-5-20-12(10)18-13(17-11)19-14/h2-6H,7,14H2,1H3,(H2,16,17,18,19). The number of rotatable bonds is 4. The highest BCUT2D eigenvalue weighted by Gasteiger charge is 2.08. The molecule has 0 aliphatic heterocycles. The molecule has 0 saturated heterocycles. The highest BCUT2D eigenvalue weighted by atomic mass is 32.1. The number of hydrogen-bond donors (Lipinski definition) is 3. The van der Waals surface area contributed by atoms with Crippen LogP contribution in [0.3, 0.4) is 0 Å². The summed E-state index contributed by atoms with van der Waals surface area (Å²) in [5.74, 6) is 6.57. The van der Waals surface area contributed by atoms with Crippen molar-refractivity contribution in [3.05, 3.63) is 41.0 Å². The first-order valence-corrected chi connectivity index (χ1v) is 7.01. The summed E-state index contributed by atoms with van der Waals surface area (Å²) < 4.78 is 0. The normalized spacial score (nSPS) is 10.7. The van der Waals surface area contributed by atoms with Gasteiger partial charge >= 0.3 is 0 Å². The first kappa shape index (κ1) is 12.8. The fourth-order valence-corrected chi connectivity index (χ4v) is 2.61. The van der Waals surface area contributed by atoms with Crippen LogP contribution in [-0.4, -0.2) is 15.0 Å². The number of anilines is 2. The Morgan fingerprint density at radius 3 is 2.90 bits per heavy atom. The third-order valence-electron chi connectivity index (χ3n) is 2.89. The van der Waals surface area contributed by atoms with Crippen molar-refractivity contribution < 1.29 is 0 Å². The van der Waals surface area contributed by atoms with Crippen molar-refractivity contribution in [1.82, 2.24) is 15.0 Å². The Morgan fingerprint density at radius 1 is 1.25 bits per heavy atom. The van der Waals surface area contributed by atoms with Crippen LogP contribution < -0.4 is 16.6 Å². The van der Waals surface area contributed by atoms with Gasteiger partial charge in [-0.2, -0.15) is 4.98 Å². The zero-order valence-electron chi connectivity index (χ0n) is 10.9. The average molecular weight is 286 g/mol. The van der Waals surface area contributed by atoms with E-state index >= 15 is 0 Å². The fraction of sp³-hybridized carbons (Fsp3) is 0.154. The van der Waals surface area contributed by atoms with E-state index in [0.717, 1.165) is 27.3 Å². The molecule has 0 spiro atoms. The molecule has 3 aromatic rings. The Hall–Kier alpha value is -2.25. The Balaban J connectivity index is 1.86. The summed E-state index contributed by atoms with van der Waals surface area (Å²) >= 11 is 1.56. The first-order chi connectivity index (χ1) is 9.76. The van der Waals surface area contributed by atoms with Crippen LogP contribution in [0.5, 0.6) is 0 Å². The predicted octanol–water partition coefficient (Wildman–Crippen LogP) is 2.29. The van der Waals surface area contributed by atoms with Crippen LogP contribution in [0.2, 0.25) is 0 Å². The van der Waals surface area contributed by atoms with Crippen LogP contribution in [0.4, 0.5) is 11.8 Å². The molecule has 20 heavy (non-hydrogen) atoms. The molecule has 0 unspecified atom stereocenters. The molecule has 0 saturated carbocycles. The number of nitrogens with one attached hydrogen (secondary N) is 2. The van der Waals surface area contributed by atoms with Gasteiger partial charge in [-0.15, -0.1) is 11.3 Å². The van der Waals surface area contributed by atoms with Gasteiger partial charge in [-0.1, -0.05) is 6.07 Å². The minimum absolute atomic E-state index is 0.407. The molecule has 0 fully saturated rings. The number of thiophene rings is 1. The van der Waals surface area contributed by atoms with Crippen LogP contribution in [0.15, 0.2) is 29.8 Å². The molecule has 4 N–H and O–H groups in total. The van der Waals surface area contributed by atoms with E-state index in [1.54, 1.807) is 11.3 Å². The van der Waals surface area contributed by atoms with Gasteiger partial charge in [0.2, 0.25) is 5.95 Å². The number of nitrogen functional groups attached to an aromatic ring is 1. The maximum atomic E-state index is 5.39. The number of pyridine rings is 1. The van der Waals surface area contributed by atoms with Crippen molar-refractivity contribution in [2.24, 2.45) is 5.84 Å². The van der Waals surface area contributed by atoms with Crippen molar-refractivity contribution in [3.8, 4) is 0 Å². The minimum Gasteiger partial charge on any atom is -0.365 e. The van der Waals surface area contributed by atoms with Gasteiger partial charge in [-0.3, -0.25) is 10.4 Å². The summed E-state index contributed by atoms with van der Waals surface area (Å²) in [6, 6.07) is 6.03. The third-order valence-corrected chi connectivity index (χ3v) is 3.69. The molecule has 6 nitrogen and oxygen atoms in total. The van der Waals surface area contributed by atoms with Crippen molar-refractivity contribution in [3.63, 3.8) is 0 Å². The number of fused-ring (bicyclic) bond motifs is 1. The molecule has 0 aromatic carbocycles. The van der Waals surface area contributed by atoms with Crippen LogP contribution in [0.25, 0.3) is 10.2 Å². The Morgan fingerprint density at radius 2 is 2.15 bits per heavy atom. The molecule has 3 heterocycles. The molecule has 0 radical (unpaired) electrons. The molecule has 7 heteroatoms. The van der Waals surface area contributed by atoms with E-state index in [0.29, 0.717) is 12.5 Å². The van der Waals surface area contributed by atoms with Gasteiger partial charge in [0.25, 0.3) is 0 Å². The monoisotopic (exact) mass is 286 g/mol. The lowest BCUT2D eigenvalue weighted by Crippen LogP contribution is -2.12. The number of nitrogens with two attached hydrogens (primary N) is 1. The third kappa shape index (κ3) is 2.54. The maximum absolute atomic E-state index is 5.39. The predicted molar refractivity (Wildman–Crippen MR) is 81.5 cm³/mol. The highest BCUT2D eigenvalue weighted by Crippen LogP contribution is 2.26. The van der Waals surface area contributed by atoms with E-state index in [1.165, 1.54) is 0 Å². The van der Waals surface area contributed by atoms with Crippen LogP contribution in [0, 0.1) is 6.92 Å². The van der Waals surface area contributed by atoms with Gasteiger partial charge in [0.05, 0.1) is 5.39 Å². The molecule has 0 amide bonds. The highest BCUT2D eigenvalue weighted by molar-refractivity contribution is 7.16. The van der Waals surface area contributed by atoms with Gasteiger partial charge in [0, 0.05) is 18.4 Å². The lowest BCUT2D eigenvalue weighted by molar-refractivity contribution is 1.06. The van der Waals surface area contributed by atoms with Gasteiger partial charge < -0.3 is 5.32 Å². The fourth-order valence-electron chi connectivity index (χ4n) is 1.84. The van der Waals surface area contributed by atoms with Gasteiger partial charge in [-0.25, -0.2) is 10.8 Å². The zero-order chi connectivity index (χ0) is 13.9. The lowest BCUT2D eigenvalue weighted by Gasteiger charge is -2.08. The Bertz CT molecular complexity index is 721. The van der Waals surface area contributed by atoms with E-state index in [9.17, 15) is 0 Å². The van der Waals surface area contributed by atoms with Crippen molar-refractivity contribution in [2.45, 2.75) is 13.5 Å². The number of aromatic nitrogens is 3. The van der Waals surface area contributed by atoms with E-state index in [2.05, 4.69) is 25.7 Å². The second kappa shape index (κ2) is 5.40. The van der Waals surface area contributed by atoms with Crippen LogP contribution in [-0.2, 0) is 6.54 Å². The molecule has 0 bridgehead atoms. The number of nitrogens with zero attached hydrogens (tertiary/aromatic N) is 3. The largest absolute Gasteiger partial charge is 0.365 e. The molecule has 102 valence electrons. The molecule has 0 atom stereocenters.